The number of halogens is 4. The minimum atomic E-state index is -4.23. The number of hydrogen-bond acceptors (Lipinski definition) is 4. The van der Waals surface area contributed by atoms with Crippen LogP contribution >= 0.6 is 46.4 Å². The summed E-state index contributed by atoms with van der Waals surface area (Å²) in [5.41, 5.74) is 0.762. The Labute approximate surface area is 261 Å². The molecule has 41 heavy (non-hydrogen) atoms. The van der Waals surface area contributed by atoms with Crippen LogP contribution in [-0.2, 0) is 26.2 Å². The number of carbonyl (C=O) groups excluding carboxylic acids is 2. The number of anilines is 1. The lowest BCUT2D eigenvalue weighted by Crippen LogP contribution is -2.53. The Morgan fingerprint density at radius 1 is 0.829 bits per heavy atom. The maximum absolute atomic E-state index is 14.1. The third-order valence-electron chi connectivity index (χ3n) is 6.53. The summed E-state index contributed by atoms with van der Waals surface area (Å²) in [5, 5.41) is 3.92. The van der Waals surface area contributed by atoms with Crippen molar-refractivity contribution in [1.29, 1.82) is 0 Å². The Hall–Kier alpha value is -2.49. The summed E-state index contributed by atoms with van der Waals surface area (Å²) in [4.78, 5) is 28.8. The van der Waals surface area contributed by atoms with E-state index in [0.717, 1.165) is 4.31 Å². The van der Waals surface area contributed by atoms with Crippen LogP contribution in [-0.4, -0.2) is 43.8 Å². The van der Waals surface area contributed by atoms with E-state index in [2.05, 4.69) is 5.32 Å². The average Bonchev–Trinajstić information content (AvgIpc) is 2.95. The number of rotatable bonds is 12. The Morgan fingerprint density at radius 3 is 2.00 bits per heavy atom. The molecule has 12 heteroatoms. The zero-order valence-corrected chi connectivity index (χ0v) is 26.6. The van der Waals surface area contributed by atoms with Gasteiger partial charge in [0.2, 0.25) is 11.8 Å². The maximum atomic E-state index is 14.1. The fourth-order valence-electron chi connectivity index (χ4n) is 4.08. The van der Waals surface area contributed by atoms with Gasteiger partial charge < -0.3 is 10.2 Å². The average molecular weight is 659 g/mol. The fourth-order valence-corrected chi connectivity index (χ4v) is 6.12. The molecule has 2 amide bonds. The first-order valence-electron chi connectivity index (χ1n) is 13.0. The van der Waals surface area contributed by atoms with E-state index < -0.39 is 28.5 Å². The first-order valence-corrected chi connectivity index (χ1v) is 15.9. The molecule has 1 N–H and O–H groups in total. The zero-order valence-electron chi connectivity index (χ0n) is 22.8. The van der Waals surface area contributed by atoms with Gasteiger partial charge in [-0.2, -0.15) is 0 Å². The Bertz CT molecular complexity index is 1490. The number of nitrogens with one attached hydrogen (secondary N) is 1. The van der Waals surface area contributed by atoms with Gasteiger partial charge in [0.25, 0.3) is 10.0 Å². The topological polar surface area (TPSA) is 86.8 Å². The second kappa shape index (κ2) is 14.6. The molecule has 3 aromatic carbocycles. The largest absolute Gasteiger partial charge is 0.352 e. The fraction of sp³-hybridized carbons (Fsp3) is 0.310. The molecule has 220 valence electrons. The molecule has 0 heterocycles. The van der Waals surface area contributed by atoms with Gasteiger partial charge >= 0.3 is 0 Å². The number of benzene rings is 3. The zero-order chi connectivity index (χ0) is 30.3. The van der Waals surface area contributed by atoms with Gasteiger partial charge in [-0.05, 0) is 67.8 Å². The molecule has 0 saturated heterocycles. The summed E-state index contributed by atoms with van der Waals surface area (Å²) in [6.45, 7) is 4.97. The Kier molecular flexibility index (Phi) is 11.8. The molecule has 0 radical (unpaired) electrons. The summed E-state index contributed by atoms with van der Waals surface area (Å²) in [6, 6.07) is 16.0. The van der Waals surface area contributed by atoms with Crippen molar-refractivity contribution in [3.05, 3.63) is 92.4 Å². The predicted octanol–water partition coefficient (Wildman–Crippen LogP) is 7.22. The van der Waals surface area contributed by atoms with Crippen LogP contribution in [0, 0.1) is 0 Å². The van der Waals surface area contributed by atoms with Gasteiger partial charge in [0, 0.05) is 12.6 Å². The van der Waals surface area contributed by atoms with Crippen molar-refractivity contribution in [2.45, 2.75) is 57.1 Å². The van der Waals surface area contributed by atoms with E-state index in [1.807, 2.05) is 13.8 Å². The molecule has 7 nitrogen and oxygen atoms in total. The number of hydrogen-bond donors (Lipinski definition) is 1. The lowest BCUT2D eigenvalue weighted by molar-refractivity contribution is -0.140. The highest BCUT2D eigenvalue weighted by Gasteiger charge is 2.34. The van der Waals surface area contributed by atoms with Crippen LogP contribution in [0.3, 0.4) is 0 Å². The smallest absolute Gasteiger partial charge is 0.264 e. The van der Waals surface area contributed by atoms with Gasteiger partial charge in [0.05, 0.1) is 30.7 Å². The van der Waals surface area contributed by atoms with Crippen molar-refractivity contribution in [1.82, 2.24) is 10.2 Å². The standard InChI is InChI=1S/C29H31Cl4N3O4S/c1-4-19(3)34-29(38)27(5-2)35(17-20-11-13-23(30)25(32)15-20)28(37)18-36(21-12-14-24(31)26(33)16-21)41(39,40)22-9-7-6-8-10-22/h6-16,19,27H,4-5,17-18H2,1-3H3,(H,34,38)/t19-,27-/m1/s1. The number of sulfonamides is 1. The highest BCUT2D eigenvalue weighted by Crippen LogP contribution is 2.31. The van der Waals surface area contributed by atoms with Crippen LogP contribution in [0.2, 0.25) is 20.1 Å². The molecule has 0 aliphatic rings. The molecule has 0 aromatic heterocycles. The lowest BCUT2D eigenvalue weighted by atomic mass is 10.1. The van der Waals surface area contributed by atoms with Crippen molar-refractivity contribution < 1.29 is 18.0 Å². The number of carbonyl (C=O) groups is 2. The third-order valence-corrected chi connectivity index (χ3v) is 9.79. The number of nitrogens with zero attached hydrogens (tertiary/aromatic N) is 2. The molecular weight excluding hydrogens is 628 g/mol. The van der Waals surface area contributed by atoms with Crippen LogP contribution < -0.4 is 9.62 Å². The van der Waals surface area contributed by atoms with E-state index in [1.54, 1.807) is 43.3 Å². The van der Waals surface area contributed by atoms with E-state index in [9.17, 15) is 18.0 Å². The molecule has 0 bridgehead atoms. The van der Waals surface area contributed by atoms with Crippen molar-refractivity contribution in [3.63, 3.8) is 0 Å². The van der Waals surface area contributed by atoms with Crippen LogP contribution in [0.15, 0.2) is 71.6 Å². The highest BCUT2D eigenvalue weighted by atomic mass is 35.5. The molecule has 0 aliphatic carbocycles. The minimum absolute atomic E-state index is 0.0112. The van der Waals surface area contributed by atoms with Gasteiger partial charge in [0.15, 0.2) is 0 Å². The Balaban J connectivity index is 2.09. The van der Waals surface area contributed by atoms with Crippen LogP contribution in [0.25, 0.3) is 0 Å². The predicted molar refractivity (Wildman–Crippen MR) is 166 cm³/mol. The molecule has 0 fully saturated rings. The molecular formula is C29H31Cl4N3O4S. The molecule has 3 aromatic rings. The first kappa shape index (κ1) is 33.0. The summed E-state index contributed by atoms with van der Waals surface area (Å²) in [6.07, 6.45) is 0.983. The number of amides is 2. The maximum Gasteiger partial charge on any atom is 0.264 e. The lowest BCUT2D eigenvalue weighted by Gasteiger charge is -2.33. The molecule has 2 atom stereocenters. The van der Waals surface area contributed by atoms with Gasteiger partial charge in [-0.25, -0.2) is 8.42 Å². The minimum Gasteiger partial charge on any atom is -0.352 e. The van der Waals surface area contributed by atoms with Gasteiger partial charge in [-0.1, -0.05) is 84.5 Å². The van der Waals surface area contributed by atoms with Crippen molar-refractivity contribution >= 4 is 73.9 Å². The van der Waals surface area contributed by atoms with E-state index in [1.165, 1.54) is 35.2 Å². The van der Waals surface area contributed by atoms with E-state index in [-0.39, 0.29) is 50.6 Å². The summed E-state index contributed by atoms with van der Waals surface area (Å²) >= 11 is 24.7. The van der Waals surface area contributed by atoms with Gasteiger partial charge in [-0.3, -0.25) is 13.9 Å². The van der Waals surface area contributed by atoms with Crippen molar-refractivity contribution in [2.24, 2.45) is 0 Å². The first-order chi connectivity index (χ1) is 19.4. The van der Waals surface area contributed by atoms with Crippen LogP contribution in [0.4, 0.5) is 5.69 Å². The molecule has 0 aliphatic heterocycles. The SMILES string of the molecule is CC[C@@H](C)NC(=O)[C@@H](CC)N(Cc1ccc(Cl)c(Cl)c1)C(=O)CN(c1ccc(Cl)c(Cl)c1)S(=O)(=O)c1ccccc1. The Morgan fingerprint density at radius 2 is 1.44 bits per heavy atom. The summed E-state index contributed by atoms with van der Waals surface area (Å²) in [7, 11) is -4.23. The molecule has 3 rings (SSSR count). The van der Waals surface area contributed by atoms with E-state index >= 15 is 0 Å². The third kappa shape index (κ3) is 8.30. The van der Waals surface area contributed by atoms with Crippen molar-refractivity contribution in [3.8, 4) is 0 Å². The van der Waals surface area contributed by atoms with E-state index in [0.29, 0.717) is 17.0 Å². The van der Waals surface area contributed by atoms with E-state index in [4.69, 9.17) is 46.4 Å². The van der Waals surface area contributed by atoms with Crippen LogP contribution in [0.1, 0.15) is 39.2 Å². The van der Waals surface area contributed by atoms with Crippen molar-refractivity contribution in [2.75, 3.05) is 10.8 Å². The monoisotopic (exact) mass is 657 g/mol. The van der Waals surface area contributed by atoms with Gasteiger partial charge in [0.1, 0.15) is 12.6 Å². The molecule has 0 saturated carbocycles. The molecule has 0 spiro atoms. The second-order valence-corrected chi connectivity index (χ2v) is 12.9. The quantitative estimate of drug-likeness (QED) is 0.223. The normalized spacial score (nSPS) is 12.9. The second-order valence-electron chi connectivity index (χ2n) is 9.44. The molecule has 0 unspecified atom stereocenters. The van der Waals surface area contributed by atoms with Gasteiger partial charge in [-0.15, -0.1) is 0 Å². The van der Waals surface area contributed by atoms with Crippen LogP contribution in [0.5, 0.6) is 0 Å². The summed E-state index contributed by atoms with van der Waals surface area (Å²) in [5.74, 6) is -0.949. The highest BCUT2D eigenvalue weighted by molar-refractivity contribution is 7.92. The summed E-state index contributed by atoms with van der Waals surface area (Å²) < 4.78 is 28.7.